The van der Waals surface area contributed by atoms with Crippen molar-refractivity contribution in [3.63, 3.8) is 0 Å². The summed E-state index contributed by atoms with van der Waals surface area (Å²) in [6, 6.07) is 5.26. The average molecular weight is 345 g/mol. The van der Waals surface area contributed by atoms with Crippen LogP contribution in [0, 0.1) is 5.92 Å². The second-order valence-corrected chi connectivity index (χ2v) is 9.15. The van der Waals surface area contributed by atoms with Crippen molar-refractivity contribution < 1.29 is 13.5 Å². The molecule has 122 valence electrons. The fourth-order valence-corrected chi connectivity index (χ4v) is 6.40. The molecule has 3 rings (SSSR count). The summed E-state index contributed by atoms with van der Waals surface area (Å²) in [5.41, 5.74) is 0.834. The Morgan fingerprint density at radius 3 is 2.77 bits per heavy atom. The highest BCUT2D eigenvalue weighted by Gasteiger charge is 2.52. The molecule has 1 N–H and O–H groups in total. The predicted molar refractivity (Wildman–Crippen MR) is 86.9 cm³/mol. The van der Waals surface area contributed by atoms with E-state index in [4.69, 9.17) is 11.6 Å². The van der Waals surface area contributed by atoms with Crippen LogP contribution in [0.25, 0.3) is 0 Å². The molecule has 0 aliphatic carbocycles. The molecule has 2 fully saturated rings. The standard InChI is InChI=1S/C15H21ClN2O3S/c1-17(2)12-9-22(20,21)14-8-18(7-11(12)14)6-10-4-3-5-13(19)15(10)16/h3-5,11-12,14,19H,6-9H2,1-2H3/t11-,12+,14-/m0/s1. The summed E-state index contributed by atoms with van der Waals surface area (Å²) in [5, 5.41) is 9.75. The number of sulfone groups is 1. The fraction of sp³-hybridized carbons (Fsp3) is 0.600. The molecule has 0 aromatic heterocycles. The summed E-state index contributed by atoms with van der Waals surface area (Å²) in [4.78, 5) is 4.15. The highest BCUT2D eigenvalue weighted by Crippen LogP contribution is 2.37. The second-order valence-electron chi connectivity index (χ2n) is 6.51. The van der Waals surface area contributed by atoms with Gasteiger partial charge in [0.25, 0.3) is 0 Å². The van der Waals surface area contributed by atoms with Crippen molar-refractivity contribution in [2.24, 2.45) is 5.92 Å². The summed E-state index contributed by atoms with van der Waals surface area (Å²) in [7, 11) is 0.856. The van der Waals surface area contributed by atoms with Crippen molar-refractivity contribution in [3.8, 4) is 5.75 Å². The molecule has 1 aromatic rings. The highest BCUT2D eigenvalue weighted by molar-refractivity contribution is 7.92. The maximum absolute atomic E-state index is 12.4. The molecule has 2 saturated heterocycles. The Balaban J connectivity index is 1.79. The van der Waals surface area contributed by atoms with E-state index in [1.54, 1.807) is 12.1 Å². The van der Waals surface area contributed by atoms with Gasteiger partial charge in [-0.2, -0.15) is 0 Å². The van der Waals surface area contributed by atoms with E-state index >= 15 is 0 Å². The van der Waals surface area contributed by atoms with Crippen molar-refractivity contribution in [2.75, 3.05) is 32.9 Å². The molecule has 1 aromatic carbocycles. The molecule has 0 unspecified atom stereocenters. The van der Waals surface area contributed by atoms with E-state index in [9.17, 15) is 13.5 Å². The number of benzene rings is 1. The lowest BCUT2D eigenvalue weighted by molar-refractivity contribution is 0.229. The maximum atomic E-state index is 12.4. The van der Waals surface area contributed by atoms with Crippen LogP contribution in [0.4, 0.5) is 0 Å². The zero-order valence-electron chi connectivity index (χ0n) is 12.7. The highest BCUT2D eigenvalue weighted by atomic mass is 35.5. The number of phenolic OH excluding ortho intramolecular Hbond substituents is 1. The normalized spacial score (nSPS) is 30.8. The first kappa shape index (κ1) is 16.1. The number of likely N-dealkylation sites (tertiary alicyclic amines) is 1. The van der Waals surface area contributed by atoms with Gasteiger partial charge in [0.1, 0.15) is 5.75 Å². The van der Waals surface area contributed by atoms with Crippen LogP contribution in [-0.4, -0.2) is 67.6 Å². The Kier molecular flexibility index (Phi) is 4.14. The van der Waals surface area contributed by atoms with Gasteiger partial charge in [0.15, 0.2) is 9.84 Å². The van der Waals surface area contributed by atoms with Crippen LogP contribution in [-0.2, 0) is 16.4 Å². The van der Waals surface area contributed by atoms with Crippen molar-refractivity contribution in [3.05, 3.63) is 28.8 Å². The maximum Gasteiger partial charge on any atom is 0.156 e. The number of phenols is 1. The molecule has 2 heterocycles. The minimum Gasteiger partial charge on any atom is -0.506 e. The number of hydrogen-bond donors (Lipinski definition) is 1. The zero-order chi connectivity index (χ0) is 16.1. The lowest BCUT2D eigenvalue weighted by Gasteiger charge is -2.25. The van der Waals surface area contributed by atoms with Gasteiger partial charge in [0.05, 0.1) is 16.0 Å². The zero-order valence-corrected chi connectivity index (χ0v) is 14.3. The summed E-state index contributed by atoms with van der Waals surface area (Å²) < 4.78 is 24.7. The molecule has 5 nitrogen and oxygen atoms in total. The van der Waals surface area contributed by atoms with Crippen molar-refractivity contribution >= 4 is 21.4 Å². The molecule has 0 amide bonds. The van der Waals surface area contributed by atoms with E-state index in [0.29, 0.717) is 18.1 Å². The van der Waals surface area contributed by atoms with E-state index in [-0.39, 0.29) is 28.7 Å². The van der Waals surface area contributed by atoms with Crippen LogP contribution in [0.1, 0.15) is 5.56 Å². The van der Waals surface area contributed by atoms with Gasteiger partial charge in [-0.15, -0.1) is 0 Å². The van der Waals surface area contributed by atoms with Gasteiger partial charge >= 0.3 is 0 Å². The van der Waals surface area contributed by atoms with E-state index in [1.807, 2.05) is 25.1 Å². The molecular formula is C15H21ClN2O3S. The largest absolute Gasteiger partial charge is 0.506 e. The van der Waals surface area contributed by atoms with Gasteiger partial charge in [-0.1, -0.05) is 23.7 Å². The van der Waals surface area contributed by atoms with Crippen LogP contribution >= 0.6 is 11.6 Å². The molecule has 7 heteroatoms. The number of halogens is 1. The first-order valence-corrected chi connectivity index (χ1v) is 9.45. The van der Waals surface area contributed by atoms with Crippen LogP contribution in [0.2, 0.25) is 5.02 Å². The van der Waals surface area contributed by atoms with Crippen LogP contribution in [0.15, 0.2) is 18.2 Å². The second kappa shape index (κ2) is 5.67. The Labute approximate surface area is 136 Å². The number of hydrogen-bond acceptors (Lipinski definition) is 5. The smallest absolute Gasteiger partial charge is 0.156 e. The van der Waals surface area contributed by atoms with Crippen LogP contribution in [0.5, 0.6) is 5.75 Å². The van der Waals surface area contributed by atoms with Gasteiger partial charge in [0.2, 0.25) is 0 Å². The number of rotatable bonds is 3. The van der Waals surface area contributed by atoms with E-state index in [2.05, 4.69) is 4.90 Å². The Hall–Kier alpha value is -0.820. The Morgan fingerprint density at radius 1 is 1.36 bits per heavy atom. The van der Waals surface area contributed by atoms with Crippen molar-refractivity contribution in [1.82, 2.24) is 9.80 Å². The lowest BCUT2D eigenvalue weighted by atomic mass is 10.00. The summed E-state index contributed by atoms with van der Waals surface area (Å²) in [5.74, 6) is 0.476. The third-order valence-corrected chi connectivity index (χ3v) is 7.52. The average Bonchev–Trinajstić information content (AvgIpc) is 2.94. The molecule has 22 heavy (non-hydrogen) atoms. The molecular weight excluding hydrogens is 324 g/mol. The van der Waals surface area contributed by atoms with Gasteiger partial charge in [0, 0.05) is 31.6 Å². The summed E-state index contributed by atoms with van der Waals surface area (Å²) in [6.07, 6.45) is 0. The van der Waals surface area contributed by atoms with E-state index < -0.39 is 9.84 Å². The number of aromatic hydroxyl groups is 1. The van der Waals surface area contributed by atoms with Crippen LogP contribution in [0.3, 0.4) is 0 Å². The number of fused-ring (bicyclic) bond motifs is 1. The predicted octanol–water partition coefficient (Wildman–Crippen LogP) is 1.20. The molecule has 3 atom stereocenters. The first-order valence-electron chi connectivity index (χ1n) is 7.36. The van der Waals surface area contributed by atoms with Gasteiger partial charge < -0.3 is 10.0 Å². The first-order chi connectivity index (χ1) is 10.3. The topological polar surface area (TPSA) is 60.9 Å². The molecule has 0 spiro atoms. The van der Waals surface area contributed by atoms with Crippen molar-refractivity contribution in [2.45, 2.75) is 17.8 Å². The third kappa shape index (κ3) is 2.73. The quantitative estimate of drug-likeness (QED) is 0.893. The number of nitrogens with zero attached hydrogens (tertiary/aromatic N) is 2. The molecule has 0 bridgehead atoms. The third-order valence-electron chi connectivity index (χ3n) is 4.86. The van der Waals surface area contributed by atoms with Gasteiger partial charge in [-0.3, -0.25) is 4.90 Å². The summed E-state index contributed by atoms with van der Waals surface area (Å²) in [6.45, 7) is 1.86. The molecule has 2 aliphatic rings. The van der Waals surface area contributed by atoms with Gasteiger partial charge in [-0.25, -0.2) is 8.42 Å². The minimum absolute atomic E-state index is 0.0670. The van der Waals surface area contributed by atoms with Crippen LogP contribution < -0.4 is 0 Å². The molecule has 2 aliphatic heterocycles. The monoisotopic (exact) mass is 344 g/mol. The molecule has 0 saturated carbocycles. The van der Waals surface area contributed by atoms with E-state index in [0.717, 1.165) is 12.1 Å². The Bertz CT molecular complexity index is 677. The molecule has 0 radical (unpaired) electrons. The Morgan fingerprint density at radius 2 is 2.09 bits per heavy atom. The fourth-order valence-electron chi connectivity index (χ4n) is 3.71. The minimum atomic E-state index is -3.03. The van der Waals surface area contributed by atoms with E-state index in [1.165, 1.54) is 0 Å². The lowest BCUT2D eigenvalue weighted by Crippen LogP contribution is -2.37. The van der Waals surface area contributed by atoms with Gasteiger partial charge in [-0.05, 0) is 25.7 Å². The summed E-state index contributed by atoms with van der Waals surface area (Å²) >= 11 is 6.12. The SMILES string of the molecule is CN(C)[C@@H]1CS(=O)(=O)[C@H]2CN(Cc3cccc(O)c3Cl)C[C@@H]12. The van der Waals surface area contributed by atoms with Crippen molar-refractivity contribution in [1.29, 1.82) is 0 Å².